The van der Waals surface area contributed by atoms with Crippen molar-refractivity contribution in [3.8, 4) is 0 Å². The zero-order valence-electron chi connectivity index (χ0n) is 12.8. The molecular weight excluding hydrogens is 297 g/mol. The summed E-state index contributed by atoms with van der Waals surface area (Å²) in [6, 6.07) is 12.1. The zero-order chi connectivity index (χ0) is 16.8. The van der Waals surface area contributed by atoms with E-state index >= 15 is 0 Å². The number of carbonyl (C=O) groups excluding carboxylic acids is 2. The van der Waals surface area contributed by atoms with E-state index in [2.05, 4.69) is 5.32 Å². The third kappa shape index (κ3) is 4.54. The lowest BCUT2D eigenvalue weighted by Crippen LogP contribution is -2.43. The highest BCUT2D eigenvalue weighted by atomic mass is 19.1. The van der Waals surface area contributed by atoms with E-state index in [0.717, 1.165) is 10.5 Å². The van der Waals surface area contributed by atoms with Crippen LogP contribution in [0.5, 0.6) is 0 Å². The SMILES string of the molecule is CC(=O)N(C(=O)NCCc1ccc(F)cc1)c1cccc(N)c1. The van der Waals surface area contributed by atoms with Gasteiger partial charge in [-0.1, -0.05) is 18.2 Å². The van der Waals surface area contributed by atoms with Crippen LogP contribution in [0.2, 0.25) is 0 Å². The Balaban J connectivity index is 1.99. The zero-order valence-corrected chi connectivity index (χ0v) is 12.8. The standard InChI is InChI=1S/C17H18FN3O2/c1-12(22)21(16-4-2-3-15(19)11-16)17(23)20-10-9-13-5-7-14(18)8-6-13/h2-8,11H,9-10,19H2,1H3,(H,20,23). The smallest absolute Gasteiger partial charge is 0.328 e. The Hall–Kier alpha value is -2.89. The quantitative estimate of drug-likeness (QED) is 0.852. The second-order valence-electron chi connectivity index (χ2n) is 5.06. The summed E-state index contributed by atoms with van der Waals surface area (Å²) >= 11 is 0. The van der Waals surface area contributed by atoms with Gasteiger partial charge in [-0.2, -0.15) is 0 Å². The molecule has 0 radical (unpaired) electrons. The Morgan fingerprint density at radius 2 is 1.87 bits per heavy atom. The van der Waals surface area contributed by atoms with Crippen LogP contribution in [-0.2, 0) is 11.2 Å². The normalized spacial score (nSPS) is 10.2. The molecular formula is C17H18FN3O2. The number of imide groups is 1. The Kier molecular flexibility index (Phi) is 5.30. The third-order valence-electron chi connectivity index (χ3n) is 3.25. The van der Waals surface area contributed by atoms with Crippen molar-refractivity contribution < 1.29 is 14.0 Å². The highest BCUT2D eigenvalue weighted by molar-refractivity contribution is 6.13. The minimum Gasteiger partial charge on any atom is -0.399 e. The van der Waals surface area contributed by atoms with Gasteiger partial charge in [0.05, 0.1) is 5.69 Å². The average Bonchev–Trinajstić information content (AvgIpc) is 2.49. The molecule has 0 spiro atoms. The summed E-state index contributed by atoms with van der Waals surface area (Å²) in [4.78, 5) is 25.0. The molecule has 2 aromatic carbocycles. The Labute approximate surface area is 133 Å². The number of hydrogen-bond acceptors (Lipinski definition) is 3. The van der Waals surface area contributed by atoms with Gasteiger partial charge in [0, 0.05) is 19.2 Å². The lowest BCUT2D eigenvalue weighted by Gasteiger charge is -2.20. The number of amides is 3. The molecule has 0 aliphatic carbocycles. The summed E-state index contributed by atoms with van der Waals surface area (Å²) < 4.78 is 12.8. The van der Waals surface area contributed by atoms with Crippen LogP contribution in [0.15, 0.2) is 48.5 Å². The number of nitrogens with one attached hydrogen (secondary N) is 1. The topological polar surface area (TPSA) is 75.4 Å². The first-order chi connectivity index (χ1) is 11.0. The lowest BCUT2D eigenvalue weighted by atomic mass is 10.1. The lowest BCUT2D eigenvalue weighted by molar-refractivity contribution is -0.115. The Morgan fingerprint density at radius 3 is 2.48 bits per heavy atom. The summed E-state index contributed by atoms with van der Waals surface area (Å²) in [5, 5.41) is 2.68. The summed E-state index contributed by atoms with van der Waals surface area (Å²) in [5.74, 6) is -0.711. The molecule has 6 heteroatoms. The first-order valence-electron chi connectivity index (χ1n) is 7.16. The first-order valence-corrected chi connectivity index (χ1v) is 7.16. The summed E-state index contributed by atoms with van der Waals surface area (Å²) in [6.45, 7) is 1.64. The highest BCUT2D eigenvalue weighted by Gasteiger charge is 2.19. The third-order valence-corrected chi connectivity index (χ3v) is 3.25. The monoisotopic (exact) mass is 315 g/mol. The molecule has 0 atom stereocenters. The van der Waals surface area contributed by atoms with Crippen molar-refractivity contribution >= 4 is 23.3 Å². The molecule has 0 unspecified atom stereocenters. The van der Waals surface area contributed by atoms with Crippen molar-refractivity contribution in [1.29, 1.82) is 0 Å². The molecule has 2 aromatic rings. The number of rotatable bonds is 4. The number of nitrogens with zero attached hydrogens (tertiary/aromatic N) is 1. The van der Waals surface area contributed by atoms with Crippen molar-refractivity contribution in [2.24, 2.45) is 0 Å². The van der Waals surface area contributed by atoms with Gasteiger partial charge in [0.2, 0.25) is 5.91 Å². The van der Waals surface area contributed by atoms with Gasteiger partial charge < -0.3 is 11.1 Å². The number of nitrogen functional groups attached to an aromatic ring is 1. The van der Waals surface area contributed by atoms with E-state index in [4.69, 9.17) is 5.73 Å². The number of urea groups is 1. The van der Waals surface area contributed by atoms with E-state index in [-0.39, 0.29) is 5.82 Å². The van der Waals surface area contributed by atoms with Gasteiger partial charge in [0.25, 0.3) is 0 Å². The average molecular weight is 315 g/mol. The number of halogens is 1. The fourth-order valence-corrected chi connectivity index (χ4v) is 2.15. The van der Waals surface area contributed by atoms with E-state index < -0.39 is 11.9 Å². The molecule has 3 amide bonds. The Bertz CT molecular complexity index is 701. The molecule has 3 N–H and O–H groups in total. The molecule has 0 aliphatic heterocycles. The van der Waals surface area contributed by atoms with E-state index in [1.165, 1.54) is 19.1 Å². The minimum atomic E-state index is -0.523. The van der Waals surface area contributed by atoms with Gasteiger partial charge in [-0.15, -0.1) is 0 Å². The molecule has 0 aromatic heterocycles. The molecule has 0 fully saturated rings. The predicted octanol–water partition coefficient (Wildman–Crippen LogP) is 2.71. The number of hydrogen-bond donors (Lipinski definition) is 2. The van der Waals surface area contributed by atoms with Crippen LogP contribution in [0.25, 0.3) is 0 Å². The van der Waals surface area contributed by atoms with Crippen LogP contribution in [0, 0.1) is 5.82 Å². The van der Waals surface area contributed by atoms with E-state index in [9.17, 15) is 14.0 Å². The van der Waals surface area contributed by atoms with Gasteiger partial charge >= 0.3 is 6.03 Å². The van der Waals surface area contributed by atoms with E-state index in [1.54, 1.807) is 36.4 Å². The minimum absolute atomic E-state index is 0.304. The van der Waals surface area contributed by atoms with Gasteiger partial charge in [-0.25, -0.2) is 14.1 Å². The van der Waals surface area contributed by atoms with Crippen molar-refractivity contribution in [1.82, 2.24) is 5.32 Å². The number of benzene rings is 2. The molecule has 0 heterocycles. The van der Waals surface area contributed by atoms with Crippen LogP contribution in [0.1, 0.15) is 12.5 Å². The maximum Gasteiger partial charge on any atom is 0.328 e. The second kappa shape index (κ2) is 7.40. The molecule has 5 nitrogen and oxygen atoms in total. The Morgan fingerprint density at radius 1 is 1.17 bits per heavy atom. The summed E-state index contributed by atoms with van der Waals surface area (Å²) in [7, 11) is 0. The fraction of sp³-hybridized carbons (Fsp3) is 0.176. The largest absolute Gasteiger partial charge is 0.399 e. The van der Waals surface area contributed by atoms with Gasteiger partial charge in [0.15, 0.2) is 0 Å². The van der Waals surface area contributed by atoms with E-state index in [1.807, 2.05) is 0 Å². The second-order valence-corrected chi connectivity index (χ2v) is 5.06. The van der Waals surface area contributed by atoms with Crippen LogP contribution in [0.3, 0.4) is 0 Å². The molecule has 23 heavy (non-hydrogen) atoms. The molecule has 0 saturated carbocycles. The molecule has 2 rings (SSSR count). The van der Waals surface area contributed by atoms with Crippen LogP contribution < -0.4 is 16.0 Å². The van der Waals surface area contributed by atoms with Crippen LogP contribution in [0.4, 0.5) is 20.6 Å². The van der Waals surface area contributed by atoms with Crippen molar-refractivity contribution in [2.45, 2.75) is 13.3 Å². The maximum absolute atomic E-state index is 12.8. The van der Waals surface area contributed by atoms with Gasteiger partial charge in [0.1, 0.15) is 5.82 Å². The summed E-state index contributed by atoms with van der Waals surface area (Å²) in [5.41, 5.74) is 7.46. The fourth-order valence-electron chi connectivity index (χ4n) is 2.15. The van der Waals surface area contributed by atoms with Gasteiger partial charge in [-0.3, -0.25) is 4.79 Å². The van der Waals surface area contributed by atoms with Crippen molar-refractivity contribution in [2.75, 3.05) is 17.2 Å². The van der Waals surface area contributed by atoms with Crippen LogP contribution >= 0.6 is 0 Å². The number of carbonyl (C=O) groups is 2. The molecule has 0 saturated heterocycles. The van der Waals surface area contributed by atoms with Crippen LogP contribution in [-0.4, -0.2) is 18.5 Å². The van der Waals surface area contributed by atoms with Crippen molar-refractivity contribution in [3.63, 3.8) is 0 Å². The maximum atomic E-state index is 12.8. The van der Waals surface area contributed by atoms with Gasteiger partial charge in [-0.05, 0) is 42.3 Å². The number of anilines is 2. The predicted molar refractivity (Wildman–Crippen MR) is 87.5 cm³/mol. The first kappa shape index (κ1) is 16.5. The van der Waals surface area contributed by atoms with E-state index in [0.29, 0.717) is 24.3 Å². The number of nitrogens with two attached hydrogens (primary N) is 1. The van der Waals surface area contributed by atoms with Crippen molar-refractivity contribution in [3.05, 3.63) is 59.9 Å². The summed E-state index contributed by atoms with van der Waals surface area (Å²) in [6.07, 6.45) is 0.536. The molecule has 120 valence electrons. The molecule has 0 bridgehead atoms. The molecule has 0 aliphatic rings. The highest BCUT2D eigenvalue weighted by Crippen LogP contribution is 2.18.